The van der Waals surface area contributed by atoms with Crippen molar-refractivity contribution < 1.29 is 9.47 Å². The van der Waals surface area contributed by atoms with Crippen LogP contribution >= 0.6 is 23.1 Å². The lowest BCUT2D eigenvalue weighted by Gasteiger charge is -2.26. The molecule has 31 heavy (non-hydrogen) atoms. The highest BCUT2D eigenvalue weighted by molar-refractivity contribution is 7.99. The van der Waals surface area contributed by atoms with E-state index in [1.807, 2.05) is 28.7 Å². The minimum atomic E-state index is -0.0602. The van der Waals surface area contributed by atoms with Gasteiger partial charge in [0.15, 0.2) is 5.16 Å². The summed E-state index contributed by atoms with van der Waals surface area (Å²) in [6, 6.07) is 7.47. The Morgan fingerprint density at radius 1 is 1.29 bits per heavy atom. The van der Waals surface area contributed by atoms with Crippen LogP contribution in [0.3, 0.4) is 0 Å². The van der Waals surface area contributed by atoms with Gasteiger partial charge in [0.2, 0.25) is 5.78 Å². The molecule has 0 unspecified atom stereocenters. The summed E-state index contributed by atoms with van der Waals surface area (Å²) in [5, 5.41) is 10.4. The van der Waals surface area contributed by atoms with Gasteiger partial charge in [0.1, 0.15) is 10.6 Å². The van der Waals surface area contributed by atoms with Gasteiger partial charge in [-0.25, -0.2) is 8.97 Å². The summed E-state index contributed by atoms with van der Waals surface area (Å²) in [6.07, 6.45) is 0.856. The highest BCUT2D eigenvalue weighted by Gasteiger charge is 2.30. The van der Waals surface area contributed by atoms with E-state index in [2.05, 4.69) is 31.0 Å². The molecule has 4 aromatic rings. The first-order chi connectivity index (χ1) is 15.0. The number of aromatic nitrogens is 4. The summed E-state index contributed by atoms with van der Waals surface area (Å²) >= 11 is 3.25. The number of benzene rings is 1. The van der Waals surface area contributed by atoms with Gasteiger partial charge in [-0.3, -0.25) is 4.79 Å². The van der Waals surface area contributed by atoms with E-state index in [1.54, 1.807) is 34.8 Å². The second kappa shape index (κ2) is 7.96. The summed E-state index contributed by atoms with van der Waals surface area (Å²) < 4.78 is 15.1. The van der Waals surface area contributed by atoms with E-state index >= 15 is 0 Å². The third-order valence-electron chi connectivity index (χ3n) is 5.69. The van der Waals surface area contributed by atoms with E-state index in [4.69, 9.17) is 9.47 Å². The van der Waals surface area contributed by atoms with E-state index < -0.39 is 0 Å². The molecule has 162 valence electrons. The van der Waals surface area contributed by atoms with E-state index in [1.165, 1.54) is 0 Å². The zero-order chi connectivity index (χ0) is 21.7. The fraction of sp³-hybridized carbons (Fsp3) is 0.409. The van der Waals surface area contributed by atoms with Crippen molar-refractivity contribution in [2.45, 2.75) is 45.1 Å². The second-order valence-electron chi connectivity index (χ2n) is 7.87. The Morgan fingerprint density at radius 2 is 2.06 bits per heavy atom. The van der Waals surface area contributed by atoms with Gasteiger partial charge in [-0.05, 0) is 41.5 Å². The number of ether oxygens (including phenoxy) is 2. The van der Waals surface area contributed by atoms with Crippen molar-refractivity contribution in [2.24, 2.45) is 5.92 Å². The molecular formula is C22H24N4O3S2. The molecule has 7 nitrogen and oxygen atoms in total. The van der Waals surface area contributed by atoms with Gasteiger partial charge in [-0.2, -0.15) is 0 Å². The lowest BCUT2D eigenvalue weighted by atomic mass is 9.96. The first kappa shape index (κ1) is 20.5. The number of fused-ring (bicyclic) bond motifs is 5. The molecular weight excluding hydrogens is 432 g/mol. The largest absolute Gasteiger partial charge is 0.497 e. The minimum Gasteiger partial charge on any atom is -0.497 e. The molecule has 0 saturated heterocycles. The lowest BCUT2D eigenvalue weighted by Crippen LogP contribution is -2.28. The number of rotatable bonds is 5. The maximum absolute atomic E-state index is 13.9. The van der Waals surface area contributed by atoms with Crippen LogP contribution in [0.5, 0.6) is 5.75 Å². The molecule has 1 aliphatic heterocycles. The van der Waals surface area contributed by atoms with Crippen molar-refractivity contribution in [3.63, 3.8) is 0 Å². The molecule has 0 N–H and O–H groups in total. The van der Waals surface area contributed by atoms with Gasteiger partial charge in [-0.15, -0.1) is 21.5 Å². The fourth-order valence-corrected chi connectivity index (χ4v) is 6.01. The average molecular weight is 457 g/mol. The molecule has 9 heteroatoms. The molecule has 0 spiro atoms. The predicted molar refractivity (Wildman–Crippen MR) is 124 cm³/mol. The van der Waals surface area contributed by atoms with E-state index in [9.17, 15) is 4.79 Å². The van der Waals surface area contributed by atoms with Crippen molar-refractivity contribution in [1.29, 1.82) is 0 Å². The van der Waals surface area contributed by atoms with Gasteiger partial charge in [0.25, 0.3) is 5.56 Å². The Bertz CT molecular complexity index is 1320. The third-order valence-corrected chi connectivity index (χ3v) is 7.69. The molecule has 0 saturated carbocycles. The van der Waals surface area contributed by atoms with E-state index in [0.29, 0.717) is 18.3 Å². The highest BCUT2D eigenvalue weighted by atomic mass is 32.2. The van der Waals surface area contributed by atoms with Crippen molar-refractivity contribution in [1.82, 2.24) is 19.2 Å². The quantitative estimate of drug-likeness (QED) is 0.417. The maximum Gasteiger partial charge on any atom is 0.268 e. The normalized spacial score (nSPS) is 16.4. The number of methoxy groups -OCH3 is 1. The van der Waals surface area contributed by atoms with E-state index in [0.717, 1.165) is 49.4 Å². The molecule has 1 aliphatic rings. The monoisotopic (exact) mass is 456 g/mol. The highest BCUT2D eigenvalue weighted by Crippen LogP contribution is 2.37. The molecule has 0 amide bonds. The number of nitrogens with zero attached hydrogens (tertiary/aromatic N) is 4. The Labute approximate surface area is 188 Å². The summed E-state index contributed by atoms with van der Waals surface area (Å²) in [7, 11) is 1.63. The van der Waals surface area contributed by atoms with Crippen LogP contribution < -0.4 is 10.3 Å². The molecule has 3 aromatic heterocycles. The van der Waals surface area contributed by atoms with Crippen LogP contribution in [0.2, 0.25) is 0 Å². The van der Waals surface area contributed by atoms with Crippen molar-refractivity contribution in [2.75, 3.05) is 12.9 Å². The van der Waals surface area contributed by atoms with Crippen molar-refractivity contribution in [3.05, 3.63) is 45.1 Å². The SMILES string of the molecule is CCSc1nnc2n(-c3ccc(OC)cc3)c(=O)c3c4c(sc3n12)CO[C@@H](C(C)C)C4. The molecule has 0 fully saturated rings. The lowest BCUT2D eigenvalue weighted by molar-refractivity contribution is 0.00200. The Balaban J connectivity index is 1.84. The summed E-state index contributed by atoms with van der Waals surface area (Å²) in [5.74, 6) is 2.52. The Kier molecular flexibility index (Phi) is 5.27. The average Bonchev–Trinajstić information content (AvgIpc) is 3.35. The smallest absolute Gasteiger partial charge is 0.268 e. The van der Waals surface area contributed by atoms with Crippen molar-refractivity contribution >= 4 is 39.1 Å². The molecule has 1 atom stereocenters. The Morgan fingerprint density at radius 3 is 2.74 bits per heavy atom. The third kappa shape index (κ3) is 3.26. The number of hydrogen-bond acceptors (Lipinski definition) is 7. The zero-order valence-electron chi connectivity index (χ0n) is 17.9. The molecule has 5 rings (SSSR count). The van der Waals surface area contributed by atoms with Gasteiger partial charge in [0, 0.05) is 11.3 Å². The number of thiophene rings is 1. The first-order valence-corrected chi connectivity index (χ1v) is 12.2. The second-order valence-corrected chi connectivity index (χ2v) is 10.2. The molecule has 1 aromatic carbocycles. The van der Waals surface area contributed by atoms with Gasteiger partial charge in [0.05, 0.1) is 30.9 Å². The van der Waals surface area contributed by atoms with Crippen LogP contribution in [0.25, 0.3) is 21.7 Å². The standard InChI is InChI=1S/C22H24N4O3S2/c1-5-30-22-24-23-21-25(13-6-8-14(28-4)9-7-13)19(27)18-15-10-16(12(2)3)29-11-17(15)31-20(18)26(21)22/h6-9,12,16H,5,10-11H2,1-4H3/t16-/m1/s1. The topological polar surface area (TPSA) is 70.7 Å². The van der Waals surface area contributed by atoms with Crippen LogP contribution in [0.15, 0.2) is 34.2 Å². The number of hydrogen-bond donors (Lipinski definition) is 0. The van der Waals surface area contributed by atoms with Crippen LogP contribution in [0.4, 0.5) is 0 Å². The zero-order valence-corrected chi connectivity index (χ0v) is 19.5. The maximum atomic E-state index is 13.9. The van der Waals surface area contributed by atoms with Gasteiger partial charge >= 0.3 is 0 Å². The summed E-state index contributed by atoms with van der Waals surface area (Å²) in [4.78, 5) is 15.9. The van der Waals surface area contributed by atoms with Crippen LogP contribution in [0, 0.1) is 5.92 Å². The predicted octanol–water partition coefficient (Wildman–Crippen LogP) is 4.31. The van der Waals surface area contributed by atoms with Gasteiger partial charge < -0.3 is 9.47 Å². The number of thioether (sulfide) groups is 1. The van der Waals surface area contributed by atoms with Crippen molar-refractivity contribution in [3.8, 4) is 11.4 Å². The molecule has 4 heterocycles. The fourth-order valence-electron chi connectivity index (χ4n) is 4.05. The molecule has 0 aliphatic carbocycles. The van der Waals surface area contributed by atoms with Crippen LogP contribution in [-0.4, -0.2) is 38.1 Å². The molecule has 0 radical (unpaired) electrons. The van der Waals surface area contributed by atoms with E-state index in [-0.39, 0.29) is 11.7 Å². The molecule has 0 bridgehead atoms. The first-order valence-electron chi connectivity index (χ1n) is 10.4. The summed E-state index contributed by atoms with van der Waals surface area (Å²) in [5.41, 5.74) is 1.79. The van der Waals surface area contributed by atoms with Gasteiger partial charge in [-0.1, -0.05) is 32.5 Å². The summed E-state index contributed by atoms with van der Waals surface area (Å²) in [6.45, 7) is 6.95. The Hall–Kier alpha value is -2.36. The van der Waals surface area contributed by atoms with Crippen LogP contribution in [-0.2, 0) is 17.8 Å². The van der Waals surface area contributed by atoms with Crippen LogP contribution in [0.1, 0.15) is 31.2 Å². The minimum absolute atomic E-state index is 0.0602.